The minimum atomic E-state index is -2.01. The van der Waals surface area contributed by atoms with E-state index in [9.17, 15) is 15.0 Å². The smallest absolute Gasteiger partial charge is 0.281 e. The van der Waals surface area contributed by atoms with Crippen molar-refractivity contribution in [2.24, 2.45) is 5.10 Å². The fraction of sp³-hybridized carbons (Fsp3) is 0.130. The zero-order chi connectivity index (χ0) is 21.6. The van der Waals surface area contributed by atoms with E-state index >= 15 is 0 Å². The molecule has 3 rings (SSSR count). The lowest BCUT2D eigenvalue weighted by atomic mass is 9.85. The van der Waals surface area contributed by atoms with E-state index in [2.05, 4.69) is 10.5 Å². The number of nitrogens with zero attached hydrogens (tertiary/aromatic N) is 1. The third kappa shape index (κ3) is 4.42. The Labute approximate surface area is 174 Å². The number of nitrogens with one attached hydrogen (secondary N) is 1. The summed E-state index contributed by atoms with van der Waals surface area (Å²) < 4.78 is 10.3. The van der Waals surface area contributed by atoms with E-state index in [0.717, 1.165) is 0 Å². The highest BCUT2D eigenvalue weighted by Gasteiger charge is 2.40. The average Bonchev–Trinajstić information content (AvgIpc) is 2.78. The van der Waals surface area contributed by atoms with Crippen molar-refractivity contribution in [2.75, 3.05) is 14.2 Å². The van der Waals surface area contributed by atoms with Crippen LogP contribution in [0.4, 0.5) is 0 Å². The number of aliphatic hydroxyl groups is 1. The number of carbonyl (C=O) groups excluding carboxylic acids is 1. The van der Waals surface area contributed by atoms with Crippen LogP contribution in [0.3, 0.4) is 0 Å². The summed E-state index contributed by atoms with van der Waals surface area (Å²) in [5, 5.41) is 24.9. The zero-order valence-electron chi connectivity index (χ0n) is 16.6. The van der Waals surface area contributed by atoms with Crippen LogP contribution in [0.25, 0.3) is 0 Å². The number of benzene rings is 3. The highest BCUT2D eigenvalue weighted by Crippen LogP contribution is 2.32. The van der Waals surface area contributed by atoms with E-state index in [-0.39, 0.29) is 5.75 Å². The Balaban J connectivity index is 1.93. The van der Waals surface area contributed by atoms with Crippen LogP contribution in [0.15, 0.2) is 77.9 Å². The first-order chi connectivity index (χ1) is 14.5. The van der Waals surface area contributed by atoms with Crippen molar-refractivity contribution in [3.05, 3.63) is 89.5 Å². The van der Waals surface area contributed by atoms with Crippen molar-refractivity contribution < 1.29 is 24.5 Å². The second kappa shape index (κ2) is 9.11. The first-order valence-corrected chi connectivity index (χ1v) is 9.11. The number of phenolic OH excluding ortho intramolecular Hbond substituents is 1. The number of ether oxygens (including phenoxy) is 2. The summed E-state index contributed by atoms with van der Waals surface area (Å²) in [6.45, 7) is 0. The molecular weight excluding hydrogens is 384 g/mol. The molecule has 0 saturated carbocycles. The average molecular weight is 406 g/mol. The zero-order valence-corrected chi connectivity index (χ0v) is 16.6. The van der Waals surface area contributed by atoms with Gasteiger partial charge in [0.2, 0.25) is 0 Å². The van der Waals surface area contributed by atoms with Gasteiger partial charge >= 0.3 is 0 Å². The second-order valence-electron chi connectivity index (χ2n) is 6.46. The van der Waals surface area contributed by atoms with Crippen LogP contribution in [0.2, 0.25) is 0 Å². The van der Waals surface area contributed by atoms with Crippen LogP contribution in [-0.4, -0.2) is 36.6 Å². The van der Waals surface area contributed by atoms with E-state index in [0.29, 0.717) is 28.2 Å². The Bertz CT molecular complexity index is 983. The molecule has 154 valence electrons. The van der Waals surface area contributed by atoms with Gasteiger partial charge in [0.25, 0.3) is 5.91 Å². The van der Waals surface area contributed by atoms with Crippen LogP contribution >= 0.6 is 0 Å². The quantitative estimate of drug-likeness (QED) is 0.414. The van der Waals surface area contributed by atoms with Gasteiger partial charge in [-0.15, -0.1) is 0 Å². The van der Waals surface area contributed by atoms with Gasteiger partial charge in [0.15, 0.2) is 5.60 Å². The van der Waals surface area contributed by atoms with E-state index in [4.69, 9.17) is 9.47 Å². The molecule has 3 aromatic carbocycles. The maximum absolute atomic E-state index is 13.0. The van der Waals surface area contributed by atoms with Crippen molar-refractivity contribution >= 4 is 12.1 Å². The molecule has 0 radical (unpaired) electrons. The molecule has 0 bridgehead atoms. The fourth-order valence-corrected chi connectivity index (χ4v) is 2.94. The number of hydrazone groups is 1. The summed E-state index contributed by atoms with van der Waals surface area (Å²) in [4.78, 5) is 13.0. The van der Waals surface area contributed by atoms with E-state index in [1.165, 1.54) is 32.6 Å². The number of hydrogen-bond acceptors (Lipinski definition) is 6. The summed E-state index contributed by atoms with van der Waals surface area (Å²) in [5.74, 6) is 0.531. The third-order valence-corrected chi connectivity index (χ3v) is 4.59. The molecule has 1 amide bonds. The van der Waals surface area contributed by atoms with Crippen molar-refractivity contribution in [3.8, 4) is 17.2 Å². The molecule has 0 heterocycles. The normalized spacial score (nSPS) is 11.3. The number of amides is 1. The predicted molar refractivity (Wildman–Crippen MR) is 113 cm³/mol. The number of hydrogen-bond donors (Lipinski definition) is 3. The highest BCUT2D eigenvalue weighted by molar-refractivity contribution is 5.91. The monoisotopic (exact) mass is 406 g/mol. The van der Waals surface area contributed by atoms with Crippen molar-refractivity contribution in [3.63, 3.8) is 0 Å². The maximum Gasteiger partial charge on any atom is 0.281 e. The van der Waals surface area contributed by atoms with E-state index in [1.54, 1.807) is 60.7 Å². The van der Waals surface area contributed by atoms with Gasteiger partial charge in [0.1, 0.15) is 17.2 Å². The molecule has 0 unspecified atom stereocenters. The van der Waals surface area contributed by atoms with Crippen molar-refractivity contribution in [1.29, 1.82) is 0 Å². The number of methoxy groups -OCH3 is 2. The van der Waals surface area contributed by atoms with Crippen molar-refractivity contribution in [1.82, 2.24) is 5.43 Å². The topological polar surface area (TPSA) is 100 Å². The number of phenols is 1. The minimum Gasteiger partial charge on any atom is -0.508 e. The van der Waals surface area contributed by atoms with Crippen LogP contribution in [0, 0.1) is 0 Å². The predicted octanol–water partition coefficient (Wildman–Crippen LogP) is 2.80. The molecule has 3 aromatic rings. The Kier molecular flexibility index (Phi) is 6.34. The van der Waals surface area contributed by atoms with E-state index < -0.39 is 11.5 Å². The summed E-state index contributed by atoms with van der Waals surface area (Å²) in [7, 11) is 3.07. The SMILES string of the molecule is COc1ccc(C(O)(C(=O)N/N=C\c2cccc(O)c2)c2ccc(OC)cc2)cc1. The summed E-state index contributed by atoms with van der Waals surface area (Å²) in [6, 6.07) is 19.5. The van der Waals surface area contributed by atoms with Crippen LogP contribution < -0.4 is 14.9 Å². The first kappa shape index (κ1) is 20.9. The maximum atomic E-state index is 13.0. The molecule has 0 atom stereocenters. The standard InChI is InChI=1S/C23H22N2O5/c1-29-20-10-6-17(7-11-20)23(28,18-8-12-21(30-2)13-9-18)22(27)25-24-15-16-4-3-5-19(26)14-16/h3-15,26,28H,1-2H3,(H,25,27)/b24-15-. The van der Waals surface area contributed by atoms with E-state index in [1.807, 2.05) is 0 Å². The molecule has 0 saturated heterocycles. The van der Waals surface area contributed by atoms with Gasteiger partial charge < -0.3 is 19.7 Å². The molecular formula is C23H22N2O5. The molecule has 7 heteroatoms. The Morgan fingerprint density at radius 3 is 1.93 bits per heavy atom. The van der Waals surface area contributed by atoms with Gasteiger partial charge in [-0.25, -0.2) is 5.43 Å². The molecule has 7 nitrogen and oxygen atoms in total. The summed E-state index contributed by atoms with van der Waals surface area (Å²) >= 11 is 0. The first-order valence-electron chi connectivity index (χ1n) is 9.11. The van der Waals surface area contributed by atoms with Crippen LogP contribution in [-0.2, 0) is 10.4 Å². The van der Waals surface area contributed by atoms with Crippen LogP contribution in [0.5, 0.6) is 17.2 Å². The highest BCUT2D eigenvalue weighted by atomic mass is 16.5. The van der Waals surface area contributed by atoms with Gasteiger partial charge in [-0.2, -0.15) is 5.10 Å². The lowest BCUT2D eigenvalue weighted by molar-refractivity contribution is -0.136. The third-order valence-electron chi connectivity index (χ3n) is 4.59. The Morgan fingerprint density at radius 1 is 0.933 bits per heavy atom. The summed E-state index contributed by atoms with van der Waals surface area (Å²) in [6.07, 6.45) is 1.38. The molecule has 0 aliphatic rings. The molecule has 0 aliphatic carbocycles. The number of carbonyl (C=O) groups is 1. The van der Waals surface area contributed by atoms with Gasteiger partial charge in [-0.1, -0.05) is 36.4 Å². The van der Waals surface area contributed by atoms with Crippen molar-refractivity contribution in [2.45, 2.75) is 5.60 Å². The molecule has 0 fully saturated rings. The van der Waals surface area contributed by atoms with Gasteiger partial charge in [0, 0.05) is 0 Å². The minimum absolute atomic E-state index is 0.0817. The molecule has 0 spiro atoms. The largest absolute Gasteiger partial charge is 0.508 e. The lowest BCUT2D eigenvalue weighted by Crippen LogP contribution is -2.43. The Morgan fingerprint density at radius 2 is 1.47 bits per heavy atom. The van der Waals surface area contributed by atoms with Gasteiger partial charge in [-0.05, 0) is 53.1 Å². The molecule has 0 aromatic heterocycles. The Hall–Kier alpha value is -3.84. The number of rotatable bonds is 7. The fourth-order valence-electron chi connectivity index (χ4n) is 2.94. The van der Waals surface area contributed by atoms with Crippen LogP contribution in [0.1, 0.15) is 16.7 Å². The molecule has 30 heavy (non-hydrogen) atoms. The summed E-state index contributed by atoms with van der Waals surface area (Å²) in [5.41, 5.74) is 1.66. The lowest BCUT2D eigenvalue weighted by Gasteiger charge is -2.27. The number of aromatic hydroxyl groups is 1. The molecule has 0 aliphatic heterocycles. The second-order valence-corrected chi connectivity index (χ2v) is 6.46. The van der Waals surface area contributed by atoms with Gasteiger partial charge in [0.05, 0.1) is 20.4 Å². The molecule has 3 N–H and O–H groups in total. The van der Waals surface area contributed by atoms with Gasteiger partial charge in [-0.3, -0.25) is 4.79 Å².